The Morgan fingerprint density at radius 1 is 1.21 bits per heavy atom. The highest BCUT2D eigenvalue weighted by Crippen LogP contribution is 2.21. The van der Waals surface area contributed by atoms with E-state index in [9.17, 15) is 4.39 Å². The van der Waals surface area contributed by atoms with Gasteiger partial charge in [0.15, 0.2) is 0 Å². The third-order valence-corrected chi connectivity index (χ3v) is 3.07. The van der Waals surface area contributed by atoms with Crippen LogP contribution in [-0.2, 0) is 6.42 Å². The normalized spacial score (nSPS) is 12.3. The first-order chi connectivity index (χ1) is 9.31. The van der Waals surface area contributed by atoms with Gasteiger partial charge in [0, 0.05) is 30.2 Å². The molecule has 1 atom stereocenters. The Kier molecular flexibility index (Phi) is 4.98. The predicted molar refractivity (Wildman–Crippen MR) is 73.2 cm³/mol. The summed E-state index contributed by atoms with van der Waals surface area (Å²) in [6, 6.07) is 5.71. The van der Waals surface area contributed by atoms with Gasteiger partial charge < -0.3 is 5.32 Å². The molecule has 0 bridgehead atoms. The minimum atomic E-state index is -0.250. The van der Waals surface area contributed by atoms with Crippen LogP contribution in [0.1, 0.15) is 30.5 Å². The zero-order valence-electron chi connectivity index (χ0n) is 11.0. The van der Waals surface area contributed by atoms with Crippen LogP contribution in [0.5, 0.6) is 0 Å². The molecule has 0 radical (unpaired) electrons. The summed E-state index contributed by atoms with van der Waals surface area (Å²) in [5.74, 6) is -0.250. The average molecular weight is 259 g/mol. The molecule has 2 aromatic rings. The van der Waals surface area contributed by atoms with Gasteiger partial charge in [-0.1, -0.05) is 13.0 Å². The van der Waals surface area contributed by atoms with Gasteiger partial charge in [0.1, 0.15) is 5.82 Å². The number of hydrogen-bond acceptors (Lipinski definition) is 3. The molecular formula is C15H18FN3. The lowest BCUT2D eigenvalue weighted by Crippen LogP contribution is -2.22. The summed E-state index contributed by atoms with van der Waals surface area (Å²) in [4.78, 5) is 7.89. The predicted octanol–water partition coefficient (Wildman–Crippen LogP) is 2.90. The van der Waals surface area contributed by atoms with Crippen molar-refractivity contribution in [2.75, 3.05) is 6.54 Å². The third-order valence-electron chi connectivity index (χ3n) is 3.07. The van der Waals surface area contributed by atoms with Gasteiger partial charge in [0.25, 0.3) is 0 Å². The number of hydrogen-bond donors (Lipinski definition) is 1. The zero-order valence-corrected chi connectivity index (χ0v) is 11.0. The molecule has 0 aliphatic heterocycles. The van der Waals surface area contributed by atoms with Crippen LogP contribution in [0.25, 0.3) is 0 Å². The molecule has 3 nitrogen and oxygen atoms in total. The van der Waals surface area contributed by atoms with E-state index in [2.05, 4.69) is 15.3 Å². The van der Waals surface area contributed by atoms with E-state index in [1.807, 2.05) is 25.3 Å². The van der Waals surface area contributed by atoms with E-state index in [1.54, 1.807) is 18.5 Å². The van der Waals surface area contributed by atoms with Crippen molar-refractivity contribution in [3.05, 3.63) is 59.9 Å². The van der Waals surface area contributed by atoms with E-state index in [0.29, 0.717) is 5.56 Å². The monoisotopic (exact) mass is 259 g/mol. The number of aromatic nitrogens is 2. The highest BCUT2D eigenvalue weighted by Gasteiger charge is 2.14. The minimum Gasteiger partial charge on any atom is -0.310 e. The molecule has 0 fully saturated rings. The lowest BCUT2D eigenvalue weighted by atomic mass is 10.00. The van der Waals surface area contributed by atoms with Crippen molar-refractivity contribution < 1.29 is 4.39 Å². The van der Waals surface area contributed by atoms with Gasteiger partial charge in [0.05, 0.1) is 6.20 Å². The Labute approximate surface area is 112 Å². The largest absolute Gasteiger partial charge is 0.310 e. The van der Waals surface area contributed by atoms with Crippen molar-refractivity contribution in [3.8, 4) is 0 Å². The lowest BCUT2D eigenvalue weighted by molar-refractivity contribution is 0.483. The van der Waals surface area contributed by atoms with E-state index >= 15 is 0 Å². The second-order valence-corrected chi connectivity index (χ2v) is 4.41. The molecule has 1 N–H and O–H groups in total. The van der Waals surface area contributed by atoms with E-state index < -0.39 is 0 Å². The molecule has 0 saturated carbocycles. The van der Waals surface area contributed by atoms with Crippen LogP contribution in [0.15, 0.2) is 43.0 Å². The fourth-order valence-electron chi connectivity index (χ4n) is 2.14. The number of nitrogens with zero attached hydrogens (tertiary/aromatic N) is 2. The second-order valence-electron chi connectivity index (χ2n) is 4.41. The first-order valence-corrected chi connectivity index (χ1v) is 6.53. The standard InChI is InChI=1S/C15H18FN3/c1-2-19-15(13-7-9-18-11-14(13)16)6-5-12-4-3-8-17-10-12/h3-4,7-11,15,19H,2,5-6H2,1H3. The van der Waals surface area contributed by atoms with Crippen molar-refractivity contribution in [1.82, 2.24) is 15.3 Å². The summed E-state index contributed by atoms with van der Waals surface area (Å²) in [5.41, 5.74) is 1.85. The van der Waals surface area contributed by atoms with Gasteiger partial charge in [0.2, 0.25) is 0 Å². The first-order valence-electron chi connectivity index (χ1n) is 6.53. The summed E-state index contributed by atoms with van der Waals surface area (Å²) in [7, 11) is 0. The molecule has 0 aliphatic carbocycles. The van der Waals surface area contributed by atoms with Crippen LogP contribution in [-0.4, -0.2) is 16.5 Å². The highest BCUT2D eigenvalue weighted by molar-refractivity contribution is 5.18. The van der Waals surface area contributed by atoms with Crippen LogP contribution >= 0.6 is 0 Å². The van der Waals surface area contributed by atoms with Crippen LogP contribution in [0.4, 0.5) is 4.39 Å². The minimum absolute atomic E-state index is 0.00760. The summed E-state index contributed by atoms with van der Waals surface area (Å²) in [6.45, 7) is 2.83. The van der Waals surface area contributed by atoms with Gasteiger partial charge in [-0.05, 0) is 37.1 Å². The molecule has 2 aromatic heterocycles. The number of halogens is 1. The van der Waals surface area contributed by atoms with Gasteiger partial charge in [-0.3, -0.25) is 9.97 Å². The quantitative estimate of drug-likeness (QED) is 0.866. The molecule has 0 saturated heterocycles. The molecule has 1 unspecified atom stereocenters. The Morgan fingerprint density at radius 3 is 2.74 bits per heavy atom. The molecule has 0 aromatic carbocycles. The molecule has 0 amide bonds. The maximum atomic E-state index is 13.8. The summed E-state index contributed by atoms with van der Waals surface area (Å²) in [6.07, 6.45) is 8.21. The number of pyridine rings is 2. The topological polar surface area (TPSA) is 37.8 Å². The van der Waals surface area contributed by atoms with E-state index in [0.717, 1.165) is 19.4 Å². The Morgan fingerprint density at radius 2 is 2.05 bits per heavy atom. The first kappa shape index (κ1) is 13.6. The van der Waals surface area contributed by atoms with E-state index in [1.165, 1.54) is 11.8 Å². The Hall–Kier alpha value is -1.81. The number of nitrogens with one attached hydrogen (secondary N) is 1. The molecule has 19 heavy (non-hydrogen) atoms. The lowest BCUT2D eigenvalue weighted by Gasteiger charge is -2.18. The van der Waals surface area contributed by atoms with E-state index in [-0.39, 0.29) is 11.9 Å². The van der Waals surface area contributed by atoms with Gasteiger partial charge >= 0.3 is 0 Å². The van der Waals surface area contributed by atoms with Crippen LogP contribution in [0, 0.1) is 5.82 Å². The van der Waals surface area contributed by atoms with Crippen molar-refractivity contribution in [2.45, 2.75) is 25.8 Å². The van der Waals surface area contributed by atoms with Crippen molar-refractivity contribution in [2.24, 2.45) is 0 Å². The molecular weight excluding hydrogens is 241 g/mol. The van der Waals surface area contributed by atoms with Crippen LogP contribution < -0.4 is 5.32 Å². The summed E-state index contributed by atoms with van der Waals surface area (Å²) in [5, 5.41) is 3.32. The maximum absolute atomic E-state index is 13.8. The van der Waals surface area contributed by atoms with Crippen LogP contribution in [0.3, 0.4) is 0 Å². The van der Waals surface area contributed by atoms with E-state index in [4.69, 9.17) is 0 Å². The number of rotatable bonds is 6. The Bertz CT molecular complexity index is 502. The molecule has 0 spiro atoms. The fraction of sp³-hybridized carbons (Fsp3) is 0.333. The fourth-order valence-corrected chi connectivity index (χ4v) is 2.14. The molecule has 2 rings (SSSR count). The van der Waals surface area contributed by atoms with Crippen LogP contribution in [0.2, 0.25) is 0 Å². The smallest absolute Gasteiger partial charge is 0.146 e. The Balaban J connectivity index is 2.07. The molecule has 100 valence electrons. The summed E-state index contributed by atoms with van der Waals surface area (Å²) >= 11 is 0. The van der Waals surface area contributed by atoms with Crippen molar-refractivity contribution >= 4 is 0 Å². The highest BCUT2D eigenvalue weighted by atomic mass is 19.1. The number of aryl methyl sites for hydroxylation is 1. The van der Waals surface area contributed by atoms with Gasteiger partial charge in [-0.25, -0.2) is 4.39 Å². The SMILES string of the molecule is CCNC(CCc1cccnc1)c1ccncc1F. The second kappa shape index (κ2) is 6.95. The molecule has 4 heteroatoms. The zero-order chi connectivity index (χ0) is 13.5. The molecule has 2 heterocycles. The van der Waals surface area contributed by atoms with Crippen molar-refractivity contribution in [1.29, 1.82) is 0 Å². The average Bonchev–Trinajstić information content (AvgIpc) is 2.45. The van der Waals surface area contributed by atoms with Gasteiger partial charge in [-0.15, -0.1) is 0 Å². The maximum Gasteiger partial charge on any atom is 0.146 e. The summed E-state index contributed by atoms with van der Waals surface area (Å²) < 4.78 is 13.8. The molecule has 0 aliphatic rings. The third kappa shape index (κ3) is 3.83. The van der Waals surface area contributed by atoms with Gasteiger partial charge in [-0.2, -0.15) is 0 Å². The van der Waals surface area contributed by atoms with Crippen molar-refractivity contribution in [3.63, 3.8) is 0 Å².